The Balaban J connectivity index is 1.96. The van der Waals surface area contributed by atoms with E-state index in [4.69, 9.17) is 4.74 Å². The molecule has 1 amide bonds. The number of carbonyl (C=O) groups is 1. The fourth-order valence-corrected chi connectivity index (χ4v) is 3.82. The summed E-state index contributed by atoms with van der Waals surface area (Å²) in [5.41, 5.74) is 0.386. The molecule has 0 bridgehead atoms. The largest absolute Gasteiger partial charge is 0.444 e. The number of carbonyl (C=O) groups excluding carboxylic acids is 1. The zero-order valence-corrected chi connectivity index (χ0v) is 18.4. The SMILES string of the molecule is CC(C)(C)OC(=O)N[C@@H](C/C=C\C=C\CS(=O)(=O)c1ccccc1)c1ccccc1. The predicted octanol–water partition coefficient (Wildman–Crippen LogP) is 5.23. The molecule has 2 aromatic rings. The molecule has 160 valence electrons. The van der Waals surface area contributed by atoms with Crippen molar-refractivity contribution < 1.29 is 17.9 Å². The Kier molecular flexibility index (Phi) is 8.42. The Morgan fingerprint density at radius 1 is 0.967 bits per heavy atom. The highest BCUT2D eigenvalue weighted by Gasteiger charge is 2.19. The first-order valence-electron chi connectivity index (χ1n) is 9.81. The molecule has 2 rings (SSSR count). The van der Waals surface area contributed by atoms with Crippen LogP contribution in [0.15, 0.2) is 89.9 Å². The number of nitrogens with one attached hydrogen (secondary N) is 1. The lowest BCUT2D eigenvalue weighted by Gasteiger charge is -2.23. The van der Waals surface area contributed by atoms with E-state index in [0.29, 0.717) is 11.3 Å². The number of amides is 1. The first-order valence-corrected chi connectivity index (χ1v) is 11.5. The van der Waals surface area contributed by atoms with Crippen molar-refractivity contribution in [1.29, 1.82) is 0 Å². The van der Waals surface area contributed by atoms with Crippen LogP contribution < -0.4 is 5.32 Å². The van der Waals surface area contributed by atoms with Crippen molar-refractivity contribution in [3.8, 4) is 0 Å². The number of sulfone groups is 1. The highest BCUT2D eigenvalue weighted by Crippen LogP contribution is 2.18. The van der Waals surface area contributed by atoms with Crippen LogP contribution in [0.2, 0.25) is 0 Å². The zero-order valence-electron chi connectivity index (χ0n) is 17.6. The molecule has 0 aliphatic carbocycles. The van der Waals surface area contributed by atoms with Gasteiger partial charge in [0.2, 0.25) is 0 Å². The molecule has 6 heteroatoms. The molecule has 2 aromatic carbocycles. The predicted molar refractivity (Wildman–Crippen MR) is 120 cm³/mol. The Morgan fingerprint density at radius 2 is 1.53 bits per heavy atom. The van der Waals surface area contributed by atoms with Gasteiger partial charge in [-0.05, 0) is 44.9 Å². The Morgan fingerprint density at radius 3 is 2.13 bits per heavy atom. The van der Waals surface area contributed by atoms with Crippen molar-refractivity contribution in [2.75, 3.05) is 5.75 Å². The smallest absolute Gasteiger partial charge is 0.408 e. The highest BCUT2D eigenvalue weighted by molar-refractivity contribution is 7.91. The van der Waals surface area contributed by atoms with Gasteiger partial charge in [-0.2, -0.15) is 0 Å². The average Bonchev–Trinajstić information content (AvgIpc) is 2.69. The summed E-state index contributed by atoms with van der Waals surface area (Å²) in [5.74, 6) is -0.0698. The van der Waals surface area contributed by atoms with Gasteiger partial charge in [0.05, 0.1) is 16.7 Å². The molecule has 0 fully saturated rings. The fourth-order valence-electron chi connectivity index (χ4n) is 2.69. The van der Waals surface area contributed by atoms with Crippen LogP contribution in [0, 0.1) is 0 Å². The summed E-state index contributed by atoms with van der Waals surface area (Å²) in [6.07, 6.45) is 7.05. The van der Waals surface area contributed by atoms with Gasteiger partial charge >= 0.3 is 6.09 Å². The van der Waals surface area contributed by atoms with Crippen LogP contribution in [-0.2, 0) is 14.6 Å². The quantitative estimate of drug-likeness (QED) is 0.586. The van der Waals surface area contributed by atoms with Crippen LogP contribution in [0.3, 0.4) is 0 Å². The number of rotatable bonds is 8. The Bertz CT molecular complexity index is 959. The summed E-state index contributed by atoms with van der Waals surface area (Å²) in [6, 6.07) is 17.8. The van der Waals surface area contributed by atoms with E-state index in [0.717, 1.165) is 5.56 Å². The van der Waals surface area contributed by atoms with Gasteiger partial charge in [-0.25, -0.2) is 13.2 Å². The minimum atomic E-state index is -3.33. The van der Waals surface area contributed by atoms with Gasteiger partial charge in [-0.1, -0.05) is 72.8 Å². The minimum Gasteiger partial charge on any atom is -0.444 e. The summed E-state index contributed by atoms with van der Waals surface area (Å²) >= 11 is 0. The molecule has 0 aromatic heterocycles. The number of ether oxygens (including phenoxy) is 1. The highest BCUT2D eigenvalue weighted by atomic mass is 32.2. The summed E-state index contributed by atoms with van der Waals surface area (Å²) < 4.78 is 29.9. The molecule has 5 nitrogen and oxygen atoms in total. The van der Waals surface area contributed by atoms with Crippen LogP contribution in [0.5, 0.6) is 0 Å². The molecule has 30 heavy (non-hydrogen) atoms. The third-order valence-corrected chi connectivity index (χ3v) is 5.69. The topological polar surface area (TPSA) is 72.5 Å². The molecular formula is C24H29NO4S. The molecule has 0 aliphatic heterocycles. The fraction of sp³-hybridized carbons (Fsp3) is 0.292. The van der Waals surface area contributed by atoms with Gasteiger partial charge in [0.1, 0.15) is 5.60 Å². The Hall–Kier alpha value is -2.86. The molecule has 0 saturated carbocycles. The van der Waals surface area contributed by atoms with Gasteiger partial charge in [-0.15, -0.1) is 0 Å². The van der Waals surface area contributed by atoms with E-state index in [1.165, 1.54) is 0 Å². The number of alkyl carbamates (subject to hydrolysis) is 1. The molecule has 0 radical (unpaired) electrons. The second-order valence-corrected chi connectivity index (χ2v) is 9.83. The zero-order chi connectivity index (χ0) is 22.0. The van der Waals surface area contributed by atoms with E-state index in [2.05, 4.69) is 5.32 Å². The van der Waals surface area contributed by atoms with Gasteiger partial charge in [0.15, 0.2) is 9.84 Å². The van der Waals surface area contributed by atoms with E-state index < -0.39 is 21.5 Å². The monoisotopic (exact) mass is 427 g/mol. The molecule has 0 heterocycles. The van der Waals surface area contributed by atoms with Crippen molar-refractivity contribution in [2.45, 2.75) is 43.7 Å². The lowest BCUT2D eigenvalue weighted by Crippen LogP contribution is -2.34. The van der Waals surface area contributed by atoms with Crippen LogP contribution in [-0.4, -0.2) is 25.9 Å². The van der Waals surface area contributed by atoms with E-state index in [1.807, 2.05) is 57.2 Å². The molecule has 1 atom stereocenters. The van der Waals surface area contributed by atoms with E-state index in [9.17, 15) is 13.2 Å². The number of hydrogen-bond acceptors (Lipinski definition) is 4. The average molecular weight is 428 g/mol. The first-order chi connectivity index (χ1) is 14.2. The van der Waals surface area contributed by atoms with E-state index in [-0.39, 0.29) is 11.8 Å². The number of allylic oxidation sites excluding steroid dienone is 2. The summed E-state index contributed by atoms with van der Waals surface area (Å²) in [7, 11) is -3.33. The lowest BCUT2D eigenvalue weighted by molar-refractivity contribution is 0.0504. The summed E-state index contributed by atoms with van der Waals surface area (Å²) in [5, 5.41) is 2.89. The maximum atomic E-state index is 12.3. The van der Waals surface area contributed by atoms with Crippen LogP contribution >= 0.6 is 0 Å². The number of benzene rings is 2. The molecular weight excluding hydrogens is 398 g/mol. The second-order valence-electron chi connectivity index (χ2n) is 7.80. The van der Waals surface area contributed by atoms with Gasteiger partial charge in [0.25, 0.3) is 0 Å². The van der Waals surface area contributed by atoms with Crippen molar-refractivity contribution >= 4 is 15.9 Å². The van der Waals surface area contributed by atoms with Crippen molar-refractivity contribution in [3.05, 3.63) is 90.5 Å². The van der Waals surface area contributed by atoms with Crippen molar-refractivity contribution in [1.82, 2.24) is 5.32 Å². The molecule has 0 unspecified atom stereocenters. The van der Waals surface area contributed by atoms with Gasteiger partial charge in [0, 0.05) is 0 Å². The standard InChI is InChI=1S/C24H29NO4S/c1-24(2,3)29-23(26)25-22(20-14-8-6-9-15-20)18-12-4-5-13-19-30(27,28)21-16-10-7-11-17-21/h4-17,22H,18-19H2,1-3H3,(H,25,26)/b12-4-,13-5+/t22-/m0/s1. The van der Waals surface area contributed by atoms with Crippen LogP contribution in [0.1, 0.15) is 38.8 Å². The summed E-state index contributed by atoms with van der Waals surface area (Å²) in [4.78, 5) is 12.5. The maximum absolute atomic E-state index is 12.3. The van der Waals surface area contributed by atoms with Gasteiger partial charge < -0.3 is 10.1 Å². The number of hydrogen-bond donors (Lipinski definition) is 1. The summed E-state index contributed by atoms with van der Waals surface area (Å²) in [6.45, 7) is 5.45. The second kappa shape index (κ2) is 10.8. The first kappa shape index (κ1) is 23.4. The maximum Gasteiger partial charge on any atom is 0.408 e. The third kappa shape index (κ3) is 8.25. The van der Waals surface area contributed by atoms with Crippen molar-refractivity contribution in [3.63, 3.8) is 0 Å². The molecule has 1 N–H and O–H groups in total. The lowest BCUT2D eigenvalue weighted by atomic mass is 10.0. The van der Waals surface area contributed by atoms with Crippen LogP contribution in [0.25, 0.3) is 0 Å². The van der Waals surface area contributed by atoms with Crippen molar-refractivity contribution in [2.24, 2.45) is 0 Å². The molecule has 0 aliphatic rings. The van der Waals surface area contributed by atoms with E-state index >= 15 is 0 Å². The Labute approximate surface area is 179 Å². The normalized spacial score (nSPS) is 13.4. The molecule has 0 saturated heterocycles. The minimum absolute atomic E-state index is 0.0698. The molecule has 0 spiro atoms. The van der Waals surface area contributed by atoms with Crippen LogP contribution in [0.4, 0.5) is 4.79 Å². The third-order valence-electron chi connectivity index (χ3n) is 4.07. The van der Waals surface area contributed by atoms with E-state index in [1.54, 1.807) is 48.6 Å². The van der Waals surface area contributed by atoms with Gasteiger partial charge in [-0.3, -0.25) is 0 Å².